The second-order valence-corrected chi connectivity index (χ2v) is 5.54. The SMILES string of the molecule is [CH2]COC1(OC(=O)C=C)CCOC1(OC(=O)C=C)C1(OC(=O)C=C)CCO1. The molecule has 2 saturated heterocycles. The van der Waals surface area contributed by atoms with Crippen molar-refractivity contribution in [2.75, 3.05) is 19.8 Å². The van der Waals surface area contributed by atoms with E-state index in [1.54, 1.807) is 0 Å². The molecule has 2 fully saturated rings. The molecule has 3 atom stereocenters. The van der Waals surface area contributed by atoms with Crippen molar-refractivity contribution in [2.24, 2.45) is 0 Å². The Balaban J connectivity index is 2.61. The van der Waals surface area contributed by atoms with Gasteiger partial charge in [0.15, 0.2) is 0 Å². The highest BCUT2D eigenvalue weighted by molar-refractivity contribution is 5.83. The molecule has 0 aromatic heterocycles. The average Bonchev–Trinajstić information content (AvgIpc) is 2.96. The van der Waals surface area contributed by atoms with Gasteiger partial charge in [0.1, 0.15) is 0 Å². The van der Waals surface area contributed by atoms with E-state index >= 15 is 0 Å². The maximum absolute atomic E-state index is 12.1. The van der Waals surface area contributed by atoms with Crippen LogP contribution in [0.25, 0.3) is 0 Å². The molecule has 0 N–H and O–H groups in total. The third kappa shape index (κ3) is 3.41. The van der Waals surface area contributed by atoms with Crippen molar-refractivity contribution in [2.45, 2.75) is 30.2 Å². The highest BCUT2D eigenvalue weighted by atomic mass is 16.9. The van der Waals surface area contributed by atoms with Crippen molar-refractivity contribution in [3.63, 3.8) is 0 Å². The molecule has 0 aromatic rings. The van der Waals surface area contributed by atoms with E-state index in [1.165, 1.54) is 0 Å². The molecule has 9 nitrogen and oxygen atoms in total. The van der Waals surface area contributed by atoms with Gasteiger partial charge in [-0.1, -0.05) is 19.7 Å². The summed E-state index contributed by atoms with van der Waals surface area (Å²) in [5, 5.41) is 0. The number of carbonyl (C=O) groups is 3. The minimum atomic E-state index is -2.25. The summed E-state index contributed by atoms with van der Waals surface area (Å²) in [5.41, 5.74) is 0. The van der Waals surface area contributed by atoms with E-state index in [0.717, 1.165) is 18.2 Å². The summed E-state index contributed by atoms with van der Waals surface area (Å²) < 4.78 is 32.9. The molecule has 2 aliphatic rings. The zero-order valence-electron chi connectivity index (χ0n) is 14.8. The van der Waals surface area contributed by atoms with E-state index in [1.807, 2.05) is 0 Å². The maximum Gasteiger partial charge on any atom is 0.346 e. The molecule has 0 bridgehead atoms. The van der Waals surface area contributed by atoms with Crippen molar-refractivity contribution in [1.82, 2.24) is 0 Å². The van der Waals surface area contributed by atoms with E-state index in [0.29, 0.717) is 0 Å². The predicted octanol–water partition coefficient (Wildman–Crippen LogP) is 0.954. The molecule has 0 aromatic carbocycles. The Morgan fingerprint density at radius 1 is 0.852 bits per heavy atom. The zero-order chi connectivity index (χ0) is 20.1. The molecule has 2 heterocycles. The summed E-state index contributed by atoms with van der Waals surface area (Å²) in [5.74, 6) is -8.85. The van der Waals surface area contributed by atoms with Gasteiger partial charge in [0, 0.05) is 31.1 Å². The first-order valence-electron chi connectivity index (χ1n) is 8.11. The normalized spacial score (nSPS) is 31.9. The van der Waals surface area contributed by atoms with Gasteiger partial charge in [-0.2, -0.15) is 0 Å². The van der Waals surface area contributed by atoms with Crippen molar-refractivity contribution < 1.29 is 42.8 Å². The zero-order valence-corrected chi connectivity index (χ0v) is 14.8. The summed E-state index contributed by atoms with van der Waals surface area (Å²) in [6.45, 7) is 13.5. The fourth-order valence-corrected chi connectivity index (χ4v) is 2.95. The van der Waals surface area contributed by atoms with Crippen LogP contribution >= 0.6 is 0 Å². The first-order chi connectivity index (χ1) is 12.8. The van der Waals surface area contributed by atoms with Crippen molar-refractivity contribution in [3.8, 4) is 0 Å². The Hall–Kier alpha value is -2.49. The average molecular weight is 381 g/mol. The van der Waals surface area contributed by atoms with Crippen LogP contribution in [0.15, 0.2) is 38.0 Å². The summed E-state index contributed by atoms with van der Waals surface area (Å²) >= 11 is 0. The van der Waals surface area contributed by atoms with Gasteiger partial charge in [0.2, 0.25) is 0 Å². The van der Waals surface area contributed by atoms with Crippen LogP contribution in [0.1, 0.15) is 12.8 Å². The van der Waals surface area contributed by atoms with Crippen LogP contribution in [-0.2, 0) is 42.8 Å². The lowest BCUT2D eigenvalue weighted by atomic mass is 9.89. The highest BCUT2D eigenvalue weighted by Gasteiger charge is 2.79. The molecule has 9 heteroatoms. The number of hydrogen-bond acceptors (Lipinski definition) is 9. The van der Waals surface area contributed by atoms with E-state index in [2.05, 4.69) is 26.7 Å². The summed E-state index contributed by atoms with van der Waals surface area (Å²) in [6.07, 6.45) is 2.70. The van der Waals surface area contributed by atoms with Crippen LogP contribution in [0.2, 0.25) is 0 Å². The Morgan fingerprint density at radius 3 is 1.85 bits per heavy atom. The second kappa shape index (κ2) is 8.03. The smallest absolute Gasteiger partial charge is 0.346 e. The second-order valence-electron chi connectivity index (χ2n) is 5.54. The van der Waals surface area contributed by atoms with Gasteiger partial charge in [-0.25, -0.2) is 14.4 Å². The molecular weight excluding hydrogens is 360 g/mol. The summed E-state index contributed by atoms with van der Waals surface area (Å²) in [6, 6.07) is 0. The van der Waals surface area contributed by atoms with Gasteiger partial charge in [-0.15, -0.1) is 0 Å². The van der Waals surface area contributed by atoms with Crippen LogP contribution in [0, 0.1) is 6.92 Å². The number of carbonyl (C=O) groups excluding carboxylic acids is 3. The largest absolute Gasteiger partial charge is 0.422 e. The van der Waals surface area contributed by atoms with Gasteiger partial charge in [0.05, 0.1) is 19.8 Å². The van der Waals surface area contributed by atoms with E-state index in [4.69, 9.17) is 28.4 Å². The van der Waals surface area contributed by atoms with E-state index < -0.39 is 35.3 Å². The third-order valence-corrected chi connectivity index (χ3v) is 4.12. The Kier molecular flexibility index (Phi) is 6.19. The van der Waals surface area contributed by atoms with Crippen LogP contribution in [0.5, 0.6) is 0 Å². The molecule has 0 spiro atoms. The lowest BCUT2D eigenvalue weighted by molar-refractivity contribution is -0.471. The Bertz CT molecular complexity index is 651. The van der Waals surface area contributed by atoms with Gasteiger partial charge in [-0.05, 0) is 6.92 Å². The van der Waals surface area contributed by atoms with Crippen LogP contribution < -0.4 is 0 Å². The molecule has 3 unspecified atom stereocenters. The quantitative estimate of drug-likeness (QED) is 0.250. The van der Waals surface area contributed by atoms with Crippen molar-refractivity contribution >= 4 is 17.9 Å². The number of esters is 3. The van der Waals surface area contributed by atoms with Crippen LogP contribution in [0.3, 0.4) is 0 Å². The molecule has 27 heavy (non-hydrogen) atoms. The molecule has 0 aliphatic carbocycles. The summed E-state index contributed by atoms with van der Waals surface area (Å²) in [7, 11) is 0. The fraction of sp³-hybridized carbons (Fsp3) is 0.444. The maximum atomic E-state index is 12.1. The molecule has 0 amide bonds. The van der Waals surface area contributed by atoms with Crippen LogP contribution in [-0.4, -0.2) is 55.1 Å². The molecule has 2 aliphatic heterocycles. The molecule has 0 saturated carbocycles. The van der Waals surface area contributed by atoms with Crippen molar-refractivity contribution in [1.29, 1.82) is 0 Å². The minimum absolute atomic E-state index is 0.0523. The molecular formula is C18H21O9. The number of hydrogen-bond donors (Lipinski definition) is 0. The Morgan fingerprint density at radius 2 is 1.37 bits per heavy atom. The van der Waals surface area contributed by atoms with E-state index in [-0.39, 0.29) is 32.7 Å². The minimum Gasteiger partial charge on any atom is -0.422 e. The van der Waals surface area contributed by atoms with E-state index in [9.17, 15) is 14.4 Å². The first-order valence-corrected chi connectivity index (χ1v) is 8.11. The molecule has 1 radical (unpaired) electrons. The number of rotatable bonds is 9. The Labute approximate surface area is 156 Å². The monoisotopic (exact) mass is 381 g/mol. The number of ether oxygens (including phenoxy) is 6. The molecule has 147 valence electrons. The lowest BCUT2D eigenvalue weighted by Crippen LogP contribution is -2.75. The van der Waals surface area contributed by atoms with Gasteiger partial charge in [0.25, 0.3) is 11.6 Å². The van der Waals surface area contributed by atoms with Gasteiger partial charge < -0.3 is 28.4 Å². The van der Waals surface area contributed by atoms with Crippen molar-refractivity contribution in [3.05, 3.63) is 44.9 Å². The standard InChI is InChI=1S/C18H21O9/c1-5-13(19)25-16(22-8-4)10-12-24-18(16,27-15(21)7-3)17(9-11-23-17)26-14(20)6-2/h5-7H,1-4,8-12H2. The topological polar surface area (TPSA) is 107 Å². The summed E-state index contributed by atoms with van der Waals surface area (Å²) in [4.78, 5) is 36.0. The first kappa shape index (κ1) is 20.8. The van der Waals surface area contributed by atoms with Crippen LogP contribution in [0.4, 0.5) is 0 Å². The predicted molar refractivity (Wildman–Crippen MR) is 89.5 cm³/mol. The third-order valence-electron chi connectivity index (χ3n) is 4.12. The van der Waals surface area contributed by atoms with Gasteiger partial charge >= 0.3 is 23.7 Å². The lowest BCUT2D eigenvalue weighted by Gasteiger charge is -2.53. The van der Waals surface area contributed by atoms with Gasteiger partial charge in [-0.3, -0.25) is 0 Å². The fourth-order valence-electron chi connectivity index (χ4n) is 2.95. The highest BCUT2D eigenvalue weighted by Crippen LogP contribution is 2.54. The molecule has 2 rings (SSSR count).